The van der Waals surface area contributed by atoms with Crippen LogP contribution in [0.5, 0.6) is 0 Å². The summed E-state index contributed by atoms with van der Waals surface area (Å²) in [7, 11) is 0. The van der Waals surface area contributed by atoms with E-state index in [0.29, 0.717) is 0 Å². The topological polar surface area (TPSA) is 348 Å². The van der Waals surface area contributed by atoms with E-state index in [1.807, 2.05) is 0 Å². The van der Waals surface area contributed by atoms with E-state index in [0.717, 1.165) is 6.92 Å². The van der Waals surface area contributed by atoms with Gasteiger partial charge in [0.2, 0.25) is 0 Å². The monoisotopic (exact) mass is 554 g/mol. The zero-order valence-electron chi connectivity index (χ0n) is 20.1. The van der Waals surface area contributed by atoms with Gasteiger partial charge in [0.25, 0.3) is 5.97 Å². The lowest BCUT2D eigenvalue weighted by Crippen LogP contribution is -2.46. The lowest BCUT2D eigenvalue weighted by atomic mass is 10.0. The molecule has 0 saturated heterocycles. The molecule has 0 aromatic heterocycles. The molecule has 37 heavy (non-hydrogen) atoms. The highest BCUT2D eigenvalue weighted by Crippen LogP contribution is 2.03. The van der Waals surface area contributed by atoms with Crippen molar-refractivity contribution in [2.24, 2.45) is 0 Å². The third kappa shape index (κ3) is 35.6. The summed E-state index contributed by atoms with van der Waals surface area (Å²) in [6.07, 6.45) is -12.1. The van der Waals surface area contributed by atoms with Gasteiger partial charge >= 0.3 is 11.9 Å². The number of aliphatic hydroxyl groups is 10. The average molecular weight is 554 g/mol. The van der Waals surface area contributed by atoms with Crippen molar-refractivity contribution in [3.8, 4) is 0 Å². The van der Waals surface area contributed by atoms with Crippen LogP contribution in [0.25, 0.3) is 0 Å². The maximum Gasteiger partial charge on any atom is 0.303 e. The highest BCUT2D eigenvalue weighted by molar-refractivity contribution is 5.75. The summed E-state index contributed by atoms with van der Waals surface area (Å²) in [5.41, 5.74) is 0. The minimum atomic E-state index is -1.79. The van der Waals surface area contributed by atoms with Gasteiger partial charge in [-0.1, -0.05) is 0 Å². The molecule has 18 heteroatoms. The second kappa shape index (κ2) is 29.6. The highest BCUT2D eigenvalue weighted by atomic mass is 16.4. The van der Waals surface area contributed by atoms with Crippen molar-refractivity contribution < 1.29 is 90.4 Å². The fourth-order valence-electron chi connectivity index (χ4n) is 1.25. The molecular weight excluding hydrogens is 516 g/mol. The SMILES string of the molecule is CC(=O)O.CCO.O=C(O)CCC(=O)O.O=C[C@H](O)[C@@H](O)[C@H](O)CO.O=C[C@H](O)[C@@H](O)[C@H](O)[C@H](O)CO. The Morgan fingerprint density at radius 3 is 1.08 bits per heavy atom. The van der Waals surface area contributed by atoms with Gasteiger partial charge in [0.05, 0.1) is 26.1 Å². The summed E-state index contributed by atoms with van der Waals surface area (Å²) in [5, 5.41) is 108. The van der Waals surface area contributed by atoms with Crippen molar-refractivity contribution in [3.05, 3.63) is 0 Å². The van der Waals surface area contributed by atoms with Crippen LogP contribution in [-0.4, -0.2) is 159 Å². The standard InChI is InChI=1S/C6H12O6.C5H10O5.C4H6O4.C2H4O2.C2H6O/c7-1-3(9)5(11)6(12)4(10)2-8;6-1-3(8)5(10)4(9)2-7;5-3(6)1-2-4(7)8;1-2(3)4;1-2-3/h1,3-6,8-12H,2H2;1,3-5,7-10H,2H2;1-2H2,(H,5,6)(H,7,8);1H3,(H,3,4);3H,2H2,1H3/t3-,4+,5+,6+;3-,4+,5+;;;/m00.../s1. The van der Waals surface area contributed by atoms with Crippen LogP contribution < -0.4 is 0 Å². The molecule has 0 heterocycles. The molecule has 222 valence electrons. The van der Waals surface area contributed by atoms with Crippen LogP contribution in [-0.2, 0) is 24.0 Å². The number of aldehydes is 2. The molecule has 0 amide bonds. The van der Waals surface area contributed by atoms with Crippen molar-refractivity contribution in [1.82, 2.24) is 0 Å². The van der Waals surface area contributed by atoms with Crippen molar-refractivity contribution >= 4 is 30.5 Å². The van der Waals surface area contributed by atoms with E-state index < -0.39 is 73.8 Å². The lowest BCUT2D eigenvalue weighted by Gasteiger charge is -2.22. The number of carbonyl (C=O) groups is 5. The van der Waals surface area contributed by atoms with E-state index in [1.54, 1.807) is 6.92 Å². The lowest BCUT2D eigenvalue weighted by molar-refractivity contribution is -0.143. The Morgan fingerprint density at radius 2 is 0.865 bits per heavy atom. The van der Waals surface area contributed by atoms with Crippen molar-refractivity contribution in [2.75, 3.05) is 19.8 Å². The zero-order chi connectivity index (χ0) is 30.7. The molecule has 0 aliphatic heterocycles. The summed E-state index contributed by atoms with van der Waals surface area (Å²) in [4.78, 5) is 47.9. The Hall–Kier alpha value is -2.65. The number of carboxylic acid groups (broad SMARTS) is 3. The molecule has 0 unspecified atom stereocenters. The van der Waals surface area contributed by atoms with Crippen LogP contribution in [0.2, 0.25) is 0 Å². The summed E-state index contributed by atoms with van der Waals surface area (Å²) < 4.78 is 0. The minimum Gasteiger partial charge on any atom is -0.481 e. The van der Waals surface area contributed by atoms with Gasteiger partial charge in [0, 0.05) is 13.5 Å². The smallest absolute Gasteiger partial charge is 0.303 e. The Morgan fingerprint density at radius 1 is 0.622 bits per heavy atom. The van der Waals surface area contributed by atoms with Gasteiger partial charge < -0.3 is 76.0 Å². The molecule has 0 aromatic carbocycles. The first kappa shape index (κ1) is 44.4. The maximum absolute atomic E-state index is 9.90. The zero-order valence-corrected chi connectivity index (χ0v) is 20.1. The van der Waals surface area contributed by atoms with Crippen LogP contribution in [0.4, 0.5) is 0 Å². The first-order valence-electron chi connectivity index (χ1n) is 10.1. The van der Waals surface area contributed by atoms with Crippen LogP contribution in [0.15, 0.2) is 0 Å². The Labute approximate surface area is 210 Å². The number of carbonyl (C=O) groups excluding carboxylic acids is 2. The van der Waals surface area contributed by atoms with Gasteiger partial charge in [0.15, 0.2) is 12.6 Å². The van der Waals surface area contributed by atoms with E-state index in [9.17, 15) is 19.2 Å². The number of aliphatic hydroxyl groups excluding tert-OH is 10. The predicted molar refractivity (Wildman–Crippen MR) is 119 cm³/mol. The van der Waals surface area contributed by atoms with Gasteiger partial charge in [-0.05, 0) is 6.92 Å². The third-order valence-corrected chi connectivity index (χ3v) is 3.04. The van der Waals surface area contributed by atoms with Crippen LogP contribution in [0.1, 0.15) is 26.7 Å². The van der Waals surface area contributed by atoms with Crippen LogP contribution in [0.3, 0.4) is 0 Å². The van der Waals surface area contributed by atoms with Crippen molar-refractivity contribution in [2.45, 2.75) is 69.4 Å². The molecule has 0 saturated carbocycles. The van der Waals surface area contributed by atoms with E-state index in [1.165, 1.54) is 0 Å². The van der Waals surface area contributed by atoms with E-state index in [2.05, 4.69) is 0 Å². The summed E-state index contributed by atoms with van der Waals surface area (Å²) >= 11 is 0. The Bertz CT molecular complexity index is 567. The quantitative estimate of drug-likeness (QED) is 0.0997. The Kier molecular flexibility index (Phi) is 35.5. The number of carboxylic acids is 3. The number of hydrogen-bond donors (Lipinski definition) is 13. The molecule has 18 nitrogen and oxygen atoms in total. The first-order valence-corrected chi connectivity index (χ1v) is 10.1. The summed E-state index contributed by atoms with van der Waals surface area (Å²) in [6.45, 7) is 1.57. The molecule has 0 fully saturated rings. The van der Waals surface area contributed by atoms with E-state index in [4.69, 9.17) is 71.2 Å². The van der Waals surface area contributed by atoms with Gasteiger partial charge in [-0.15, -0.1) is 0 Å². The molecule has 0 aliphatic carbocycles. The summed E-state index contributed by atoms with van der Waals surface area (Å²) in [6, 6.07) is 0. The number of hydrogen-bond acceptors (Lipinski definition) is 15. The van der Waals surface area contributed by atoms with Gasteiger partial charge in [-0.3, -0.25) is 14.4 Å². The molecule has 0 rings (SSSR count). The molecular formula is C19H38O18. The van der Waals surface area contributed by atoms with Crippen molar-refractivity contribution in [1.29, 1.82) is 0 Å². The third-order valence-electron chi connectivity index (χ3n) is 3.04. The molecule has 0 aliphatic rings. The first-order chi connectivity index (χ1) is 16.9. The van der Waals surface area contributed by atoms with Crippen molar-refractivity contribution in [3.63, 3.8) is 0 Å². The minimum absolute atomic E-state index is 0.0258. The maximum atomic E-state index is 9.90. The second-order valence-electron chi connectivity index (χ2n) is 6.35. The number of aliphatic carboxylic acids is 3. The fourth-order valence-corrected chi connectivity index (χ4v) is 1.25. The van der Waals surface area contributed by atoms with E-state index >= 15 is 0 Å². The number of rotatable bonds is 12. The molecule has 0 radical (unpaired) electrons. The van der Waals surface area contributed by atoms with Gasteiger partial charge in [-0.25, -0.2) is 0 Å². The molecule has 0 bridgehead atoms. The largest absolute Gasteiger partial charge is 0.481 e. The molecule has 7 atom stereocenters. The molecule has 0 spiro atoms. The normalized spacial score (nSPS) is 15.1. The van der Waals surface area contributed by atoms with Crippen LogP contribution in [0, 0.1) is 0 Å². The highest BCUT2D eigenvalue weighted by Gasteiger charge is 2.29. The fraction of sp³-hybridized carbons (Fsp3) is 0.737. The average Bonchev–Trinajstić information content (AvgIpc) is 2.84. The van der Waals surface area contributed by atoms with E-state index in [-0.39, 0.29) is 32.0 Å². The van der Waals surface area contributed by atoms with Crippen LogP contribution >= 0.6 is 0 Å². The van der Waals surface area contributed by atoms with Gasteiger partial charge in [0.1, 0.15) is 42.7 Å². The predicted octanol–water partition coefficient (Wildman–Crippen LogP) is -6.09. The molecule has 13 N–H and O–H groups in total. The van der Waals surface area contributed by atoms with Gasteiger partial charge in [-0.2, -0.15) is 0 Å². The second-order valence-corrected chi connectivity index (χ2v) is 6.35. The summed E-state index contributed by atoms with van der Waals surface area (Å²) in [5.74, 6) is -2.99. The molecule has 0 aromatic rings. The Balaban J connectivity index is -0.000000124.